The Morgan fingerprint density at radius 2 is 2.15 bits per heavy atom. The van der Waals surface area contributed by atoms with Crippen LogP contribution in [-0.4, -0.2) is 10.1 Å². The van der Waals surface area contributed by atoms with Crippen molar-refractivity contribution in [3.8, 4) is 11.3 Å². The molecular weight excluding hydrogens is 258 g/mol. The number of aryl methyl sites for hydroxylation is 1. The molecular formula is C14H17N3O3. The summed E-state index contributed by atoms with van der Waals surface area (Å²) in [5.41, 5.74) is 7.92. The molecule has 20 heavy (non-hydrogen) atoms. The number of anilines is 1. The van der Waals surface area contributed by atoms with Gasteiger partial charge in [-0.3, -0.25) is 10.1 Å². The second-order valence-corrected chi connectivity index (χ2v) is 5.23. The lowest BCUT2D eigenvalue weighted by Crippen LogP contribution is -1.99. The Bertz CT molecular complexity index is 647. The number of nitro benzene ring substituents is 1. The minimum atomic E-state index is -0.402. The van der Waals surface area contributed by atoms with Crippen LogP contribution in [0.4, 0.5) is 11.5 Å². The number of hydrogen-bond donors (Lipinski definition) is 1. The van der Waals surface area contributed by atoms with E-state index in [-0.39, 0.29) is 5.69 Å². The van der Waals surface area contributed by atoms with E-state index in [2.05, 4.69) is 19.0 Å². The van der Waals surface area contributed by atoms with Gasteiger partial charge in [0.2, 0.25) is 0 Å². The number of nitrogen functional groups attached to an aromatic ring is 1. The van der Waals surface area contributed by atoms with Crippen molar-refractivity contribution in [2.75, 3.05) is 5.73 Å². The van der Waals surface area contributed by atoms with Gasteiger partial charge in [0.15, 0.2) is 11.6 Å². The lowest BCUT2D eigenvalue weighted by atomic mass is 9.99. The van der Waals surface area contributed by atoms with E-state index in [1.54, 1.807) is 19.1 Å². The van der Waals surface area contributed by atoms with Gasteiger partial charge in [-0.2, -0.15) is 0 Å². The standard InChI is InChI=1S/C14H17N3O3/c1-8(2)6-11-13(20-16-14(11)15)10-5-4-9(3)12(7-10)17(18)19/h4-5,7-8H,6H2,1-3H3,(H2,15,16). The van der Waals surface area contributed by atoms with Crippen LogP contribution < -0.4 is 5.73 Å². The van der Waals surface area contributed by atoms with Gasteiger partial charge in [0.05, 0.1) is 4.92 Å². The number of nitro groups is 1. The summed E-state index contributed by atoms with van der Waals surface area (Å²) in [7, 11) is 0. The molecule has 0 bridgehead atoms. The first kappa shape index (κ1) is 14.0. The van der Waals surface area contributed by atoms with E-state index >= 15 is 0 Å². The smallest absolute Gasteiger partial charge is 0.273 e. The molecule has 0 amide bonds. The average Bonchev–Trinajstić information content (AvgIpc) is 2.71. The lowest BCUT2D eigenvalue weighted by Gasteiger charge is -2.06. The van der Waals surface area contributed by atoms with Gasteiger partial charge in [0.25, 0.3) is 5.69 Å². The largest absolute Gasteiger partial charge is 0.381 e. The minimum Gasteiger partial charge on any atom is -0.381 e. The van der Waals surface area contributed by atoms with Gasteiger partial charge >= 0.3 is 0 Å². The molecule has 2 rings (SSSR count). The molecule has 0 atom stereocenters. The highest BCUT2D eigenvalue weighted by Gasteiger charge is 2.20. The summed E-state index contributed by atoms with van der Waals surface area (Å²) in [5, 5.41) is 14.8. The monoisotopic (exact) mass is 275 g/mol. The zero-order valence-corrected chi connectivity index (χ0v) is 11.7. The van der Waals surface area contributed by atoms with Crippen molar-refractivity contribution in [3.63, 3.8) is 0 Å². The molecule has 1 heterocycles. The fraction of sp³-hybridized carbons (Fsp3) is 0.357. The number of nitrogens with two attached hydrogens (primary N) is 1. The van der Waals surface area contributed by atoms with Crippen LogP contribution in [0.25, 0.3) is 11.3 Å². The first-order chi connectivity index (χ1) is 9.40. The van der Waals surface area contributed by atoms with Crippen LogP contribution in [0.15, 0.2) is 22.7 Å². The summed E-state index contributed by atoms with van der Waals surface area (Å²) >= 11 is 0. The molecule has 1 aromatic carbocycles. The average molecular weight is 275 g/mol. The summed E-state index contributed by atoms with van der Waals surface area (Å²) in [6.07, 6.45) is 0.715. The van der Waals surface area contributed by atoms with Crippen molar-refractivity contribution in [3.05, 3.63) is 39.4 Å². The number of benzene rings is 1. The van der Waals surface area contributed by atoms with E-state index in [9.17, 15) is 10.1 Å². The maximum atomic E-state index is 11.0. The van der Waals surface area contributed by atoms with E-state index in [0.717, 1.165) is 5.56 Å². The zero-order chi connectivity index (χ0) is 14.9. The molecule has 1 aromatic heterocycles. The van der Waals surface area contributed by atoms with E-state index in [1.807, 2.05) is 0 Å². The normalized spacial score (nSPS) is 11.0. The lowest BCUT2D eigenvalue weighted by molar-refractivity contribution is -0.385. The molecule has 0 unspecified atom stereocenters. The molecule has 0 aliphatic carbocycles. The molecule has 0 fully saturated rings. The topological polar surface area (TPSA) is 95.2 Å². The highest BCUT2D eigenvalue weighted by Crippen LogP contribution is 2.32. The highest BCUT2D eigenvalue weighted by molar-refractivity contribution is 5.69. The van der Waals surface area contributed by atoms with Crippen LogP contribution in [0.5, 0.6) is 0 Å². The van der Waals surface area contributed by atoms with Crippen molar-refractivity contribution in [1.82, 2.24) is 5.16 Å². The van der Waals surface area contributed by atoms with Crippen molar-refractivity contribution in [1.29, 1.82) is 0 Å². The van der Waals surface area contributed by atoms with Crippen molar-refractivity contribution >= 4 is 11.5 Å². The van der Waals surface area contributed by atoms with Gasteiger partial charge in [-0.05, 0) is 19.3 Å². The van der Waals surface area contributed by atoms with Crippen LogP contribution in [0.3, 0.4) is 0 Å². The summed E-state index contributed by atoms with van der Waals surface area (Å²) in [6.45, 7) is 5.83. The van der Waals surface area contributed by atoms with E-state index in [0.29, 0.717) is 35.0 Å². The Labute approximate surface area is 116 Å². The van der Waals surface area contributed by atoms with Crippen LogP contribution >= 0.6 is 0 Å². The maximum Gasteiger partial charge on any atom is 0.273 e. The maximum absolute atomic E-state index is 11.0. The molecule has 0 spiro atoms. The van der Waals surface area contributed by atoms with Crippen molar-refractivity contribution in [2.24, 2.45) is 5.92 Å². The van der Waals surface area contributed by atoms with Crippen LogP contribution in [0, 0.1) is 23.0 Å². The van der Waals surface area contributed by atoms with Gasteiger partial charge in [-0.25, -0.2) is 0 Å². The van der Waals surface area contributed by atoms with Crippen molar-refractivity contribution in [2.45, 2.75) is 27.2 Å². The fourth-order valence-electron chi connectivity index (χ4n) is 2.10. The Morgan fingerprint density at radius 1 is 1.45 bits per heavy atom. The number of hydrogen-bond acceptors (Lipinski definition) is 5. The number of rotatable bonds is 4. The van der Waals surface area contributed by atoms with Gasteiger partial charge in [-0.15, -0.1) is 0 Å². The Hall–Kier alpha value is -2.37. The molecule has 0 saturated heterocycles. The molecule has 6 heteroatoms. The predicted molar refractivity (Wildman–Crippen MR) is 76.3 cm³/mol. The number of aromatic nitrogens is 1. The Balaban J connectivity index is 2.52. The summed E-state index contributed by atoms with van der Waals surface area (Å²) < 4.78 is 5.26. The quantitative estimate of drug-likeness (QED) is 0.682. The molecule has 2 aromatic rings. The zero-order valence-electron chi connectivity index (χ0n) is 11.7. The first-order valence-electron chi connectivity index (χ1n) is 6.39. The molecule has 0 aliphatic rings. The molecule has 106 valence electrons. The first-order valence-corrected chi connectivity index (χ1v) is 6.39. The number of nitrogens with zero attached hydrogens (tertiary/aromatic N) is 2. The molecule has 0 radical (unpaired) electrons. The van der Waals surface area contributed by atoms with E-state index < -0.39 is 4.92 Å². The third-order valence-corrected chi connectivity index (χ3v) is 3.10. The van der Waals surface area contributed by atoms with E-state index in [4.69, 9.17) is 10.3 Å². The van der Waals surface area contributed by atoms with Gasteiger partial charge in [0, 0.05) is 22.8 Å². The highest BCUT2D eigenvalue weighted by atomic mass is 16.6. The second kappa shape index (κ2) is 5.32. The van der Waals surface area contributed by atoms with Gasteiger partial charge in [-0.1, -0.05) is 31.1 Å². The molecule has 6 nitrogen and oxygen atoms in total. The third-order valence-electron chi connectivity index (χ3n) is 3.10. The summed E-state index contributed by atoms with van der Waals surface area (Å²) in [4.78, 5) is 10.6. The van der Waals surface area contributed by atoms with Crippen LogP contribution in [0.1, 0.15) is 25.0 Å². The fourth-order valence-corrected chi connectivity index (χ4v) is 2.10. The molecule has 0 aliphatic heterocycles. The molecule has 0 saturated carbocycles. The second-order valence-electron chi connectivity index (χ2n) is 5.23. The summed E-state index contributed by atoms with van der Waals surface area (Å²) in [6, 6.07) is 4.98. The third kappa shape index (κ3) is 2.64. The predicted octanol–water partition coefficient (Wildman–Crippen LogP) is 3.34. The van der Waals surface area contributed by atoms with Crippen LogP contribution in [0.2, 0.25) is 0 Å². The van der Waals surface area contributed by atoms with Crippen LogP contribution in [-0.2, 0) is 6.42 Å². The Kier molecular flexibility index (Phi) is 3.74. The Morgan fingerprint density at radius 3 is 2.75 bits per heavy atom. The molecule has 2 N–H and O–H groups in total. The van der Waals surface area contributed by atoms with E-state index in [1.165, 1.54) is 6.07 Å². The minimum absolute atomic E-state index is 0.0629. The van der Waals surface area contributed by atoms with Gasteiger partial charge < -0.3 is 10.3 Å². The van der Waals surface area contributed by atoms with Crippen molar-refractivity contribution < 1.29 is 9.45 Å². The summed E-state index contributed by atoms with van der Waals surface area (Å²) in [5.74, 6) is 1.24. The van der Waals surface area contributed by atoms with Gasteiger partial charge in [0.1, 0.15) is 0 Å². The SMILES string of the molecule is Cc1ccc(-c2onc(N)c2CC(C)C)cc1[N+](=O)[O-].